The standard InChI is InChI=1S/C13H17FN2O/c1-4-11(8-15)17-13-6-5-10(14)7-12(13)9(2)16-3/h5-7,9,11,16H,4H2,1-3H3. The quantitative estimate of drug-likeness (QED) is 0.855. The van der Waals surface area contributed by atoms with Crippen LogP contribution in [0, 0.1) is 17.1 Å². The third-order valence-corrected chi connectivity index (χ3v) is 2.66. The predicted octanol–water partition coefficient (Wildman–Crippen LogP) is 2.79. The van der Waals surface area contributed by atoms with Crippen molar-refractivity contribution in [1.29, 1.82) is 5.26 Å². The Morgan fingerprint density at radius 1 is 1.53 bits per heavy atom. The average molecular weight is 236 g/mol. The van der Waals surface area contributed by atoms with E-state index in [2.05, 4.69) is 11.4 Å². The molecule has 4 heteroatoms. The van der Waals surface area contributed by atoms with Crippen LogP contribution in [0.25, 0.3) is 0 Å². The number of halogens is 1. The van der Waals surface area contributed by atoms with E-state index in [9.17, 15) is 4.39 Å². The topological polar surface area (TPSA) is 45.0 Å². The minimum atomic E-state index is -0.497. The molecule has 92 valence electrons. The Bertz CT molecular complexity index is 414. The van der Waals surface area contributed by atoms with Crippen LogP contribution in [0.2, 0.25) is 0 Å². The van der Waals surface area contributed by atoms with Crippen LogP contribution in [0.1, 0.15) is 31.9 Å². The van der Waals surface area contributed by atoms with Crippen LogP contribution in [0.5, 0.6) is 5.75 Å². The van der Waals surface area contributed by atoms with E-state index in [1.807, 2.05) is 13.8 Å². The third kappa shape index (κ3) is 3.43. The lowest BCUT2D eigenvalue weighted by molar-refractivity contribution is 0.247. The van der Waals surface area contributed by atoms with Crippen molar-refractivity contribution < 1.29 is 9.13 Å². The van der Waals surface area contributed by atoms with E-state index in [4.69, 9.17) is 10.00 Å². The molecular weight excluding hydrogens is 219 g/mol. The van der Waals surface area contributed by atoms with Crippen molar-refractivity contribution in [2.75, 3.05) is 7.05 Å². The highest BCUT2D eigenvalue weighted by Crippen LogP contribution is 2.27. The molecule has 17 heavy (non-hydrogen) atoms. The molecule has 0 radical (unpaired) electrons. The van der Waals surface area contributed by atoms with Crippen LogP contribution < -0.4 is 10.1 Å². The van der Waals surface area contributed by atoms with Crippen LogP contribution in [0.4, 0.5) is 4.39 Å². The van der Waals surface area contributed by atoms with Crippen molar-refractivity contribution >= 4 is 0 Å². The number of benzene rings is 1. The van der Waals surface area contributed by atoms with E-state index in [1.54, 1.807) is 13.1 Å². The van der Waals surface area contributed by atoms with E-state index < -0.39 is 6.10 Å². The normalized spacial score (nSPS) is 13.8. The summed E-state index contributed by atoms with van der Waals surface area (Å²) in [4.78, 5) is 0. The number of nitrogens with one attached hydrogen (secondary N) is 1. The Balaban J connectivity index is 3.02. The molecule has 0 aliphatic rings. The van der Waals surface area contributed by atoms with Gasteiger partial charge in [-0.25, -0.2) is 4.39 Å². The molecule has 1 aromatic carbocycles. The average Bonchev–Trinajstić information content (AvgIpc) is 2.36. The molecule has 0 fully saturated rings. The predicted molar refractivity (Wildman–Crippen MR) is 64.2 cm³/mol. The summed E-state index contributed by atoms with van der Waals surface area (Å²) >= 11 is 0. The maximum atomic E-state index is 13.2. The number of rotatable bonds is 5. The summed E-state index contributed by atoms with van der Waals surface area (Å²) in [5.74, 6) is 0.251. The van der Waals surface area contributed by atoms with Gasteiger partial charge in [-0.3, -0.25) is 0 Å². The van der Waals surface area contributed by atoms with Crippen molar-refractivity contribution in [2.45, 2.75) is 32.4 Å². The van der Waals surface area contributed by atoms with Gasteiger partial charge >= 0.3 is 0 Å². The zero-order chi connectivity index (χ0) is 12.8. The molecule has 0 aliphatic heterocycles. The summed E-state index contributed by atoms with van der Waals surface area (Å²) in [5.41, 5.74) is 0.723. The smallest absolute Gasteiger partial charge is 0.184 e. The maximum absolute atomic E-state index is 13.2. The monoisotopic (exact) mass is 236 g/mol. The molecule has 2 atom stereocenters. The lowest BCUT2D eigenvalue weighted by Crippen LogP contribution is -2.18. The van der Waals surface area contributed by atoms with E-state index in [1.165, 1.54) is 12.1 Å². The van der Waals surface area contributed by atoms with Gasteiger partial charge in [0.2, 0.25) is 0 Å². The van der Waals surface area contributed by atoms with Crippen LogP contribution in [0.3, 0.4) is 0 Å². The molecular formula is C13H17FN2O. The van der Waals surface area contributed by atoms with Crippen LogP contribution in [-0.4, -0.2) is 13.2 Å². The largest absolute Gasteiger partial charge is 0.475 e. The molecule has 1 aromatic rings. The first kappa shape index (κ1) is 13.5. The Kier molecular flexibility index (Phi) is 4.92. The Labute approximate surface area is 101 Å². The van der Waals surface area contributed by atoms with Gasteiger partial charge in [0, 0.05) is 11.6 Å². The van der Waals surface area contributed by atoms with Crippen LogP contribution >= 0.6 is 0 Å². The van der Waals surface area contributed by atoms with Gasteiger partial charge in [0.15, 0.2) is 6.10 Å². The van der Waals surface area contributed by atoms with Crippen molar-refractivity contribution in [2.24, 2.45) is 0 Å². The third-order valence-electron chi connectivity index (χ3n) is 2.66. The summed E-state index contributed by atoms with van der Waals surface area (Å²) in [6, 6.07) is 6.37. The number of nitrogens with zero attached hydrogens (tertiary/aromatic N) is 1. The van der Waals surface area contributed by atoms with Crippen molar-refractivity contribution in [1.82, 2.24) is 5.32 Å². The zero-order valence-electron chi connectivity index (χ0n) is 10.3. The maximum Gasteiger partial charge on any atom is 0.184 e. The second-order valence-corrected chi connectivity index (χ2v) is 3.84. The van der Waals surface area contributed by atoms with Gasteiger partial charge in [-0.2, -0.15) is 5.26 Å². The van der Waals surface area contributed by atoms with E-state index in [0.29, 0.717) is 12.2 Å². The fourth-order valence-corrected chi connectivity index (χ4v) is 1.47. The van der Waals surface area contributed by atoms with Crippen molar-refractivity contribution in [3.63, 3.8) is 0 Å². The molecule has 1 rings (SSSR count). The molecule has 0 saturated carbocycles. The van der Waals surface area contributed by atoms with Gasteiger partial charge in [-0.05, 0) is 38.6 Å². The highest BCUT2D eigenvalue weighted by Gasteiger charge is 2.14. The molecule has 0 aromatic heterocycles. The van der Waals surface area contributed by atoms with Gasteiger partial charge in [-0.15, -0.1) is 0 Å². The lowest BCUT2D eigenvalue weighted by atomic mass is 10.1. The lowest BCUT2D eigenvalue weighted by Gasteiger charge is -2.18. The summed E-state index contributed by atoms with van der Waals surface area (Å²) < 4.78 is 18.8. The van der Waals surface area contributed by atoms with E-state index in [0.717, 1.165) is 5.56 Å². The van der Waals surface area contributed by atoms with Crippen molar-refractivity contribution in [3.8, 4) is 11.8 Å². The highest BCUT2D eigenvalue weighted by molar-refractivity contribution is 5.36. The molecule has 2 unspecified atom stereocenters. The molecule has 0 amide bonds. The number of nitriles is 1. The Morgan fingerprint density at radius 2 is 2.24 bits per heavy atom. The fraction of sp³-hybridized carbons (Fsp3) is 0.462. The van der Waals surface area contributed by atoms with Gasteiger partial charge < -0.3 is 10.1 Å². The van der Waals surface area contributed by atoms with Gasteiger partial charge in [0.05, 0.1) is 0 Å². The first-order chi connectivity index (χ1) is 8.12. The number of hydrogen-bond acceptors (Lipinski definition) is 3. The molecule has 1 N–H and O–H groups in total. The molecule has 0 aliphatic carbocycles. The van der Waals surface area contributed by atoms with Crippen LogP contribution in [0.15, 0.2) is 18.2 Å². The first-order valence-electron chi connectivity index (χ1n) is 5.65. The minimum absolute atomic E-state index is 0.0306. The molecule has 0 bridgehead atoms. The zero-order valence-corrected chi connectivity index (χ0v) is 10.3. The van der Waals surface area contributed by atoms with Crippen molar-refractivity contribution in [3.05, 3.63) is 29.6 Å². The fourth-order valence-electron chi connectivity index (χ4n) is 1.47. The summed E-state index contributed by atoms with van der Waals surface area (Å²) in [7, 11) is 1.79. The molecule has 0 spiro atoms. The summed E-state index contributed by atoms with van der Waals surface area (Å²) in [6.45, 7) is 3.79. The highest BCUT2D eigenvalue weighted by atomic mass is 19.1. The van der Waals surface area contributed by atoms with E-state index in [-0.39, 0.29) is 11.9 Å². The summed E-state index contributed by atoms with van der Waals surface area (Å²) in [5, 5.41) is 11.9. The first-order valence-corrected chi connectivity index (χ1v) is 5.65. The Hall–Kier alpha value is -1.60. The molecule has 3 nitrogen and oxygen atoms in total. The minimum Gasteiger partial charge on any atom is -0.475 e. The van der Waals surface area contributed by atoms with Gasteiger partial charge in [0.1, 0.15) is 17.6 Å². The van der Waals surface area contributed by atoms with Gasteiger partial charge in [0.25, 0.3) is 0 Å². The van der Waals surface area contributed by atoms with Crippen LogP contribution in [-0.2, 0) is 0 Å². The number of ether oxygens (including phenoxy) is 1. The number of hydrogen-bond donors (Lipinski definition) is 1. The second-order valence-electron chi connectivity index (χ2n) is 3.84. The second kappa shape index (κ2) is 6.21. The Morgan fingerprint density at radius 3 is 2.76 bits per heavy atom. The molecule has 0 saturated heterocycles. The summed E-state index contributed by atoms with van der Waals surface area (Å²) in [6.07, 6.45) is 0.101. The van der Waals surface area contributed by atoms with E-state index >= 15 is 0 Å². The SMILES string of the molecule is CCC(C#N)Oc1ccc(F)cc1C(C)NC. The molecule has 0 heterocycles. The van der Waals surface area contributed by atoms with Gasteiger partial charge in [-0.1, -0.05) is 6.92 Å².